The van der Waals surface area contributed by atoms with Crippen molar-refractivity contribution in [3.8, 4) is 0 Å². The van der Waals surface area contributed by atoms with Gasteiger partial charge in [0.15, 0.2) is 0 Å². The fourth-order valence-electron chi connectivity index (χ4n) is 2.05. The molecule has 0 bridgehead atoms. The van der Waals surface area contributed by atoms with E-state index in [-0.39, 0.29) is 5.91 Å². The fraction of sp³-hybridized carbons (Fsp3) is 0.667. The Bertz CT molecular complexity index is 326. The van der Waals surface area contributed by atoms with E-state index in [1.165, 1.54) is 6.08 Å². The molecule has 96 valence electrons. The van der Waals surface area contributed by atoms with Crippen LogP contribution >= 0.6 is 0 Å². The molecule has 0 radical (unpaired) electrons. The minimum absolute atomic E-state index is 0.115. The van der Waals surface area contributed by atoms with Gasteiger partial charge in [-0.15, -0.1) is 0 Å². The molecule has 0 unspecified atom stereocenters. The van der Waals surface area contributed by atoms with Crippen LogP contribution < -0.4 is 0 Å². The average molecular weight is 240 g/mol. The number of rotatable bonds is 3. The highest BCUT2D eigenvalue weighted by Gasteiger charge is 2.16. The number of carboxylic acids is 1. The van der Waals surface area contributed by atoms with Crippen molar-refractivity contribution in [1.29, 1.82) is 0 Å². The van der Waals surface area contributed by atoms with Gasteiger partial charge in [-0.3, -0.25) is 9.69 Å². The van der Waals surface area contributed by atoms with Gasteiger partial charge in [-0.05, 0) is 13.3 Å². The minimum atomic E-state index is -0.900. The summed E-state index contributed by atoms with van der Waals surface area (Å²) >= 11 is 0. The molecule has 0 spiro atoms. The van der Waals surface area contributed by atoms with Crippen molar-refractivity contribution < 1.29 is 14.7 Å². The largest absolute Gasteiger partial charge is 0.478 e. The van der Waals surface area contributed by atoms with Crippen molar-refractivity contribution in [2.45, 2.75) is 20.3 Å². The maximum absolute atomic E-state index is 11.2. The molecule has 17 heavy (non-hydrogen) atoms. The van der Waals surface area contributed by atoms with Gasteiger partial charge in [0.25, 0.3) is 0 Å². The molecule has 0 aromatic rings. The molecule has 1 N–H and O–H groups in total. The fourth-order valence-corrected chi connectivity index (χ4v) is 2.05. The number of hydrogen-bond acceptors (Lipinski definition) is 3. The third-order valence-electron chi connectivity index (χ3n) is 2.88. The Morgan fingerprint density at radius 1 is 1.18 bits per heavy atom. The second-order valence-electron chi connectivity index (χ2n) is 4.46. The predicted octanol–water partition coefficient (Wildman–Crippen LogP) is 0.571. The predicted molar refractivity (Wildman–Crippen MR) is 64.7 cm³/mol. The Labute approximate surface area is 102 Å². The highest BCUT2D eigenvalue weighted by Crippen LogP contribution is 2.06. The van der Waals surface area contributed by atoms with Gasteiger partial charge in [-0.1, -0.05) is 5.57 Å². The summed E-state index contributed by atoms with van der Waals surface area (Å²) in [6, 6.07) is 0. The first-order chi connectivity index (χ1) is 7.99. The third-order valence-corrected chi connectivity index (χ3v) is 2.88. The SMILES string of the molecule is CC(=O)N1CCCN(CC(C)=CC(=O)O)CC1. The van der Waals surface area contributed by atoms with Gasteiger partial charge in [0.05, 0.1) is 0 Å². The van der Waals surface area contributed by atoms with E-state index in [0.29, 0.717) is 6.54 Å². The molecule has 1 aliphatic heterocycles. The number of aliphatic carboxylic acids is 1. The van der Waals surface area contributed by atoms with Crippen LogP contribution in [0.3, 0.4) is 0 Å². The van der Waals surface area contributed by atoms with Gasteiger partial charge in [0.2, 0.25) is 5.91 Å². The highest BCUT2D eigenvalue weighted by atomic mass is 16.4. The second-order valence-corrected chi connectivity index (χ2v) is 4.46. The Morgan fingerprint density at radius 2 is 1.88 bits per heavy atom. The van der Waals surface area contributed by atoms with Gasteiger partial charge < -0.3 is 10.0 Å². The monoisotopic (exact) mass is 240 g/mol. The Hall–Kier alpha value is -1.36. The normalized spacial score (nSPS) is 18.9. The zero-order chi connectivity index (χ0) is 12.8. The number of carboxylic acid groups (broad SMARTS) is 1. The molecule has 1 fully saturated rings. The van der Waals surface area contributed by atoms with E-state index in [9.17, 15) is 9.59 Å². The zero-order valence-corrected chi connectivity index (χ0v) is 10.5. The molecule has 1 aliphatic rings. The molecule has 0 aliphatic carbocycles. The lowest BCUT2D eigenvalue weighted by atomic mass is 10.2. The molecular weight excluding hydrogens is 220 g/mol. The summed E-state index contributed by atoms with van der Waals surface area (Å²) in [4.78, 5) is 25.8. The number of nitrogens with zero attached hydrogens (tertiary/aromatic N) is 2. The standard InChI is InChI=1S/C12H20N2O3/c1-10(8-12(16)17)9-13-4-3-5-14(7-6-13)11(2)15/h8H,3-7,9H2,1-2H3,(H,16,17). The van der Waals surface area contributed by atoms with E-state index < -0.39 is 5.97 Å². The lowest BCUT2D eigenvalue weighted by Gasteiger charge is -2.21. The van der Waals surface area contributed by atoms with Crippen LogP contribution in [0.4, 0.5) is 0 Å². The Morgan fingerprint density at radius 3 is 2.47 bits per heavy atom. The third kappa shape index (κ3) is 4.99. The highest BCUT2D eigenvalue weighted by molar-refractivity contribution is 5.80. The van der Waals surface area contributed by atoms with Crippen molar-refractivity contribution >= 4 is 11.9 Å². The van der Waals surface area contributed by atoms with Crippen LogP contribution in [0.5, 0.6) is 0 Å². The summed E-state index contributed by atoms with van der Waals surface area (Å²) in [5, 5.41) is 8.64. The van der Waals surface area contributed by atoms with Gasteiger partial charge in [-0.25, -0.2) is 4.79 Å². The van der Waals surface area contributed by atoms with Crippen molar-refractivity contribution in [2.24, 2.45) is 0 Å². The van der Waals surface area contributed by atoms with Crippen LogP contribution in [0.25, 0.3) is 0 Å². The van der Waals surface area contributed by atoms with E-state index >= 15 is 0 Å². The number of amides is 1. The molecule has 1 amide bonds. The summed E-state index contributed by atoms with van der Waals surface area (Å²) in [6.45, 7) is 7.33. The van der Waals surface area contributed by atoms with Crippen molar-refractivity contribution in [3.63, 3.8) is 0 Å². The zero-order valence-electron chi connectivity index (χ0n) is 10.5. The molecule has 1 rings (SSSR count). The number of hydrogen-bond donors (Lipinski definition) is 1. The number of carbonyl (C=O) groups excluding carboxylic acids is 1. The minimum Gasteiger partial charge on any atom is -0.478 e. The summed E-state index contributed by atoms with van der Waals surface area (Å²) in [6.07, 6.45) is 2.19. The van der Waals surface area contributed by atoms with Crippen molar-refractivity contribution in [1.82, 2.24) is 9.80 Å². The molecule has 0 atom stereocenters. The Balaban J connectivity index is 2.46. The van der Waals surface area contributed by atoms with E-state index in [0.717, 1.165) is 38.2 Å². The average Bonchev–Trinajstić information content (AvgIpc) is 2.41. The molecule has 0 aromatic heterocycles. The molecule has 0 aromatic carbocycles. The summed E-state index contributed by atoms with van der Waals surface area (Å²) in [5.41, 5.74) is 0.841. The Kier molecular flexibility index (Phi) is 5.15. The van der Waals surface area contributed by atoms with Crippen LogP contribution in [0.2, 0.25) is 0 Å². The van der Waals surface area contributed by atoms with Gasteiger partial charge >= 0.3 is 5.97 Å². The first kappa shape index (κ1) is 13.7. The lowest BCUT2D eigenvalue weighted by Crippen LogP contribution is -2.34. The molecule has 5 heteroatoms. The van der Waals surface area contributed by atoms with E-state index in [2.05, 4.69) is 4.90 Å². The molecule has 1 heterocycles. The van der Waals surface area contributed by atoms with Crippen LogP contribution in [-0.2, 0) is 9.59 Å². The summed E-state index contributed by atoms with van der Waals surface area (Å²) in [5.74, 6) is -0.785. The topological polar surface area (TPSA) is 60.9 Å². The smallest absolute Gasteiger partial charge is 0.328 e. The molecule has 0 saturated carbocycles. The summed E-state index contributed by atoms with van der Waals surface area (Å²) in [7, 11) is 0. The maximum atomic E-state index is 11.2. The second kappa shape index (κ2) is 6.39. The van der Waals surface area contributed by atoms with Crippen LogP contribution in [0.1, 0.15) is 20.3 Å². The van der Waals surface area contributed by atoms with Gasteiger partial charge in [0.1, 0.15) is 0 Å². The lowest BCUT2D eigenvalue weighted by molar-refractivity contribution is -0.131. The van der Waals surface area contributed by atoms with E-state index in [1.807, 2.05) is 11.8 Å². The van der Waals surface area contributed by atoms with Crippen LogP contribution in [0, 0.1) is 0 Å². The van der Waals surface area contributed by atoms with E-state index in [1.54, 1.807) is 6.92 Å². The first-order valence-corrected chi connectivity index (χ1v) is 5.87. The molecule has 5 nitrogen and oxygen atoms in total. The first-order valence-electron chi connectivity index (χ1n) is 5.87. The van der Waals surface area contributed by atoms with Crippen LogP contribution in [-0.4, -0.2) is 59.5 Å². The van der Waals surface area contributed by atoms with Gasteiger partial charge in [-0.2, -0.15) is 0 Å². The van der Waals surface area contributed by atoms with E-state index in [4.69, 9.17) is 5.11 Å². The van der Waals surface area contributed by atoms with Crippen LogP contribution in [0.15, 0.2) is 11.6 Å². The number of carbonyl (C=O) groups is 2. The summed E-state index contributed by atoms with van der Waals surface area (Å²) < 4.78 is 0. The molecule has 1 saturated heterocycles. The molecular formula is C12H20N2O3. The quantitative estimate of drug-likeness (QED) is 0.733. The van der Waals surface area contributed by atoms with Crippen molar-refractivity contribution in [2.75, 3.05) is 32.7 Å². The maximum Gasteiger partial charge on any atom is 0.328 e. The van der Waals surface area contributed by atoms with Crippen molar-refractivity contribution in [3.05, 3.63) is 11.6 Å². The van der Waals surface area contributed by atoms with Gasteiger partial charge in [0, 0.05) is 45.7 Å².